The van der Waals surface area contributed by atoms with Gasteiger partial charge in [0, 0.05) is 60.6 Å². The summed E-state index contributed by atoms with van der Waals surface area (Å²) < 4.78 is 7.78. The average molecular weight is 537 g/mol. The van der Waals surface area contributed by atoms with Crippen LogP contribution in [-0.4, -0.2) is 74.8 Å². The zero-order valence-corrected chi connectivity index (χ0v) is 22.5. The number of nitrogens with one attached hydrogen (secondary N) is 2. The van der Waals surface area contributed by atoms with E-state index in [1.807, 2.05) is 54.7 Å². The summed E-state index contributed by atoms with van der Waals surface area (Å²) >= 11 is 0. The van der Waals surface area contributed by atoms with Gasteiger partial charge >= 0.3 is 6.03 Å². The summed E-state index contributed by atoms with van der Waals surface area (Å²) in [7, 11) is 0. The number of imidazole rings is 1. The van der Waals surface area contributed by atoms with Gasteiger partial charge in [0.2, 0.25) is 5.95 Å². The first-order valence-corrected chi connectivity index (χ1v) is 13.9. The second-order valence-electron chi connectivity index (χ2n) is 10.6. The van der Waals surface area contributed by atoms with Gasteiger partial charge in [-0.3, -0.25) is 0 Å². The number of urea groups is 1. The van der Waals surface area contributed by atoms with Crippen LogP contribution < -0.4 is 10.2 Å². The molecule has 0 spiro atoms. The predicted molar refractivity (Wildman–Crippen MR) is 156 cm³/mol. The molecular formula is C30H32N8O2. The maximum Gasteiger partial charge on any atom is 0.321 e. The van der Waals surface area contributed by atoms with Gasteiger partial charge < -0.3 is 29.4 Å². The Kier molecular flexibility index (Phi) is 6.31. The van der Waals surface area contributed by atoms with E-state index in [0.29, 0.717) is 32.3 Å². The number of carbonyl (C=O) groups excluding carboxylic acids is 1. The number of hydrogen-bond donors (Lipinski definition) is 2. The monoisotopic (exact) mass is 536 g/mol. The molecule has 2 aliphatic heterocycles. The number of hydrogen-bond acceptors (Lipinski definition) is 6. The van der Waals surface area contributed by atoms with Crippen molar-refractivity contribution in [1.29, 1.82) is 0 Å². The number of anilines is 2. The molecule has 2 N–H and O–H groups in total. The Bertz CT molecular complexity index is 1660. The van der Waals surface area contributed by atoms with Crippen LogP contribution in [0.15, 0.2) is 61.1 Å². The molecule has 2 amide bonds. The van der Waals surface area contributed by atoms with Gasteiger partial charge in [-0.1, -0.05) is 29.8 Å². The van der Waals surface area contributed by atoms with E-state index < -0.39 is 0 Å². The highest BCUT2D eigenvalue weighted by atomic mass is 16.5. The highest BCUT2D eigenvalue weighted by Crippen LogP contribution is 2.35. The van der Waals surface area contributed by atoms with Crippen molar-refractivity contribution in [2.24, 2.45) is 0 Å². The lowest BCUT2D eigenvalue weighted by Gasteiger charge is -2.33. The number of aromatic amines is 1. The lowest BCUT2D eigenvalue weighted by Crippen LogP contribution is -2.41. The van der Waals surface area contributed by atoms with E-state index in [9.17, 15) is 4.79 Å². The number of piperidine rings is 1. The van der Waals surface area contributed by atoms with Gasteiger partial charge in [-0.05, 0) is 44.0 Å². The summed E-state index contributed by atoms with van der Waals surface area (Å²) in [5.41, 5.74) is 6.55. The molecule has 0 radical (unpaired) electrons. The molecule has 10 nitrogen and oxygen atoms in total. The second-order valence-corrected chi connectivity index (χ2v) is 10.6. The second kappa shape index (κ2) is 10.3. The molecule has 2 fully saturated rings. The lowest BCUT2D eigenvalue weighted by molar-refractivity contribution is 0.122. The van der Waals surface area contributed by atoms with Crippen molar-refractivity contribution in [3.8, 4) is 11.3 Å². The van der Waals surface area contributed by atoms with E-state index in [2.05, 4.69) is 38.0 Å². The Morgan fingerprint density at radius 1 is 1.00 bits per heavy atom. The van der Waals surface area contributed by atoms with Crippen molar-refractivity contribution in [2.75, 3.05) is 49.6 Å². The molecule has 0 bridgehead atoms. The first-order chi connectivity index (χ1) is 19.6. The number of aromatic nitrogens is 5. The third kappa shape index (κ3) is 4.54. The number of fused-ring (bicyclic) bond motifs is 2. The van der Waals surface area contributed by atoms with Crippen LogP contribution in [-0.2, 0) is 4.74 Å². The summed E-state index contributed by atoms with van der Waals surface area (Å²) in [6, 6.07) is 16.3. The van der Waals surface area contributed by atoms with Crippen molar-refractivity contribution in [1.82, 2.24) is 29.4 Å². The zero-order valence-electron chi connectivity index (χ0n) is 22.5. The van der Waals surface area contributed by atoms with Crippen LogP contribution in [0.3, 0.4) is 0 Å². The average Bonchev–Trinajstić information content (AvgIpc) is 3.66. The lowest BCUT2D eigenvalue weighted by atomic mass is 10.0. The van der Waals surface area contributed by atoms with Crippen LogP contribution in [0.1, 0.15) is 24.4 Å². The minimum Gasteiger partial charge on any atom is -0.378 e. The molecule has 3 aromatic heterocycles. The maximum atomic E-state index is 12.9. The molecule has 40 heavy (non-hydrogen) atoms. The van der Waals surface area contributed by atoms with Gasteiger partial charge in [0.25, 0.3) is 0 Å². The van der Waals surface area contributed by atoms with E-state index >= 15 is 0 Å². The van der Waals surface area contributed by atoms with E-state index in [1.54, 1.807) is 0 Å². The molecule has 0 unspecified atom stereocenters. The summed E-state index contributed by atoms with van der Waals surface area (Å²) in [4.78, 5) is 35.3. The number of likely N-dealkylation sites (tertiary alicyclic amines) is 1. The van der Waals surface area contributed by atoms with Crippen LogP contribution in [0.5, 0.6) is 0 Å². The molecule has 2 aromatic carbocycles. The molecule has 2 aliphatic rings. The number of ether oxygens (including phenoxy) is 1. The number of amides is 2. The number of rotatable bonds is 4. The summed E-state index contributed by atoms with van der Waals surface area (Å²) in [6.07, 6.45) is 5.51. The molecule has 5 aromatic rings. The normalized spacial score (nSPS) is 16.6. The third-order valence-electron chi connectivity index (χ3n) is 8.00. The molecule has 0 aliphatic carbocycles. The fourth-order valence-electron chi connectivity index (χ4n) is 5.74. The van der Waals surface area contributed by atoms with Gasteiger partial charge in [0.05, 0.1) is 19.5 Å². The summed E-state index contributed by atoms with van der Waals surface area (Å²) in [6.45, 7) is 6.19. The highest BCUT2D eigenvalue weighted by Gasteiger charge is 2.27. The number of morpholine rings is 1. The van der Waals surface area contributed by atoms with Crippen LogP contribution >= 0.6 is 0 Å². The molecule has 2 saturated heterocycles. The third-order valence-corrected chi connectivity index (χ3v) is 8.00. The van der Waals surface area contributed by atoms with Crippen molar-refractivity contribution in [3.05, 3.63) is 66.6 Å². The summed E-state index contributed by atoms with van der Waals surface area (Å²) in [5, 5.41) is 4.14. The first-order valence-electron chi connectivity index (χ1n) is 13.9. The van der Waals surface area contributed by atoms with Gasteiger partial charge in [0.1, 0.15) is 11.2 Å². The van der Waals surface area contributed by atoms with Crippen LogP contribution in [0.4, 0.5) is 16.4 Å². The number of H-pyrrole nitrogens is 1. The standard InChI is InChI=1S/C30H32N8O2/c1-20-5-7-21(8-6-20)33-30(39)37-13-10-22(11-14-37)38-19-32-27-26(24-3-2-4-25-23(24)9-12-31-25)34-29(35-28(27)38)36-15-17-40-18-16-36/h2-9,12,19,22,31H,10-11,13-18H2,1H3,(H,33,39). The molecule has 10 heteroatoms. The molecule has 0 saturated carbocycles. The molecule has 204 valence electrons. The minimum atomic E-state index is -0.0587. The number of carbonyl (C=O) groups is 1. The van der Waals surface area contributed by atoms with E-state index in [1.165, 1.54) is 5.56 Å². The first kappa shape index (κ1) is 24.6. The highest BCUT2D eigenvalue weighted by molar-refractivity contribution is 6.00. The van der Waals surface area contributed by atoms with E-state index in [4.69, 9.17) is 19.7 Å². The fourth-order valence-corrected chi connectivity index (χ4v) is 5.74. The largest absolute Gasteiger partial charge is 0.378 e. The van der Waals surface area contributed by atoms with Crippen LogP contribution in [0.2, 0.25) is 0 Å². The molecule has 7 rings (SSSR count). The Labute approximate surface area is 232 Å². The number of nitrogens with zero attached hydrogens (tertiary/aromatic N) is 6. The molecule has 0 atom stereocenters. The van der Waals surface area contributed by atoms with Gasteiger partial charge in [-0.25, -0.2) is 14.8 Å². The van der Waals surface area contributed by atoms with Gasteiger partial charge in [0.15, 0.2) is 5.65 Å². The minimum absolute atomic E-state index is 0.0587. The quantitative estimate of drug-likeness (QED) is 0.335. The van der Waals surface area contributed by atoms with Gasteiger partial charge in [-0.15, -0.1) is 0 Å². The van der Waals surface area contributed by atoms with Crippen molar-refractivity contribution in [3.63, 3.8) is 0 Å². The van der Waals surface area contributed by atoms with Crippen molar-refractivity contribution < 1.29 is 9.53 Å². The van der Waals surface area contributed by atoms with Crippen LogP contribution in [0.25, 0.3) is 33.3 Å². The van der Waals surface area contributed by atoms with Gasteiger partial charge in [-0.2, -0.15) is 4.98 Å². The SMILES string of the molecule is Cc1ccc(NC(=O)N2CCC(n3cnc4c(-c5cccc6[nH]ccc56)nc(N5CCOCC5)nc43)CC2)cc1. The van der Waals surface area contributed by atoms with E-state index in [0.717, 1.165) is 64.9 Å². The smallest absolute Gasteiger partial charge is 0.321 e. The molecular weight excluding hydrogens is 504 g/mol. The Morgan fingerprint density at radius 2 is 1.80 bits per heavy atom. The van der Waals surface area contributed by atoms with E-state index in [-0.39, 0.29) is 12.1 Å². The van der Waals surface area contributed by atoms with Crippen molar-refractivity contribution in [2.45, 2.75) is 25.8 Å². The Hall–Kier alpha value is -4.44. The topological polar surface area (TPSA) is 104 Å². The number of aryl methyl sites for hydroxylation is 1. The number of benzene rings is 2. The predicted octanol–water partition coefficient (Wildman–Crippen LogP) is 4.99. The zero-order chi connectivity index (χ0) is 27.1. The summed E-state index contributed by atoms with van der Waals surface area (Å²) in [5.74, 6) is 0.704. The Balaban J connectivity index is 1.19. The fraction of sp³-hybridized carbons (Fsp3) is 0.333. The van der Waals surface area contributed by atoms with Crippen LogP contribution in [0, 0.1) is 6.92 Å². The Morgan fingerprint density at radius 3 is 2.60 bits per heavy atom. The maximum absolute atomic E-state index is 12.9. The van der Waals surface area contributed by atoms with Crippen molar-refractivity contribution >= 4 is 39.7 Å². The molecule has 5 heterocycles.